The third kappa shape index (κ3) is 6.29. The number of carboxylic acid groups (broad SMARTS) is 1. The molecule has 0 bridgehead atoms. The highest BCUT2D eigenvalue weighted by molar-refractivity contribution is 6.30. The lowest BCUT2D eigenvalue weighted by atomic mass is 9.98. The standard InChI is InChI=1S/C21H24ClNO4/c1-3-14(2)17-6-4-5-7-19(17)27-13-20(24)23-18(12-21(25)26)15-8-10-16(22)11-9-15/h4-11,14,18H,3,12-13H2,1-2H3,(H,23,24)(H,25,26)/p-1. The first-order valence-electron chi connectivity index (χ1n) is 8.87. The molecule has 0 saturated carbocycles. The number of para-hydroxylation sites is 1. The first-order valence-corrected chi connectivity index (χ1v) is 9.24. The van der Waals surface area contributed by atoms with Crippen molar-refractivity contribution >= 4 is 23.5 Å². The second kappa shape index (κ2) is 9.97. The van der Waals surface area contributed by atoms with Gasteiger partial charge in [-0.25, -0.2) is 0 Å². The maximum Gasteiger partial charge on any atom is 0.258 e. The van der Waals surface area contributed by atoms with Crippen molar-refractivity contribution in [1.29, 1.82) is 0 Å². The van der Waals surface area contributed by atoms with Gasteiger partial charge in [-0.2, -0.15) is 0 Å². The number of rotatable bonds is 9. The molecule has 5 nitrogen and oxygen atoms in total. The van der Waals surface area contributed by atoms with Gasteiger partial charge in [-0.1, -0.05) is 55.8 Å². The largest absolute Gasteiger partial charge is 0.550 e. The summed E-state index contributed by atoms with van der Waals surface area (Å²) in [5.41, 5.74) is 1.67. The van der Waals surface area contributed by atoms with Crippen molar-refractivity contribution in [3.8, 4) is 5.75 Å². The van der Waals surface area contributed by atoms with Gasteiger partial charge in [0.05, 0.1) is 6.04 Å². The Hall–Kier alpha value is -2.53. The summed E-state index contributed by atoms with van der Waals surface area (Å²) in [5, 5.41) is 14.3. The molecular weight excluding hydrogens is 366 g/mol. The van der Waals surface area contributed by atoms with Crippen molar-refractivity contribution < 1.29 is 19.4 Å². The number of nitrogens with one attached hydrogen (secondary N) is 1. The number of benzene rings is 2. The SMILES string of the molecule is CCC(C)c1ccccc1OCC(=O)NC(CC(=O)[O-])c1ccc(Cl)cc1. The van der Waals surface area contributed by atoms with E-state index in [0.717, 1.165) is 12.0 Å². The lowest BCUT2D eigenvalue weighted by Gasteiger charge is -2.21. The van der Waals surface area contributed by atoms with E-state index < -0.39 is 17.9 Å². The molecule has 0 aliphatic rings. The van der Waals surface area contributed by atoms with Gasteiger partial charge in [0.1, 0.15) is 5.75 Å². The Kier molecular flexibility index (Phi) is 7.67. The number of amides is 1. The van der Waals surface area contributed by atoms with Crippen LogP contribution in [-0.4, -0.2) is 18.5 Å². The van der Waals surface area contributed by atoms with E-state index in [9.17, 15) is 14.7 Å². The second-order valence-electron chi connectivity index (χ2n) is 6.38. The molecule has 0 radical (unpaired) electrons. The highest BCUT2D eigenvalue weighted by atomic mass is 35.5. The molecule has 0 aliphatic carbocycles. The normalized spacial score (nSPS) is 12.9. The quantitative estimate of drug-likeness (QED) is 0.715. The zero-order valence-electron chi connectivity index (χ0n) is 15.4. The van der Waals surface area contributed by atoms with Gasteiger partial charge in [0, 0.05) is 17.4 Å². The van der Waals surface area contributed by atoms with Crippen LogP contribution in [0.25, 0.3) is 0 Å². The summed E-state index contributed by atoms with van der Waals surface area (Å²) < 4.78 is 5.69. The molecule has 1 amide bonds. The first-order chi connectivity index (χ1) is 12.9. The monoisotopic (exact) mass is 388 g/mol. The van der Waals surface area contributed by atoms with Crippen LogP contribution in [0.5, 0.6) is 5.75 Å². The molecule has 0 heterocycles. The minimum atomic E-state index is -1.25. The van der Waals surface area contributed by atoms with E-state index in [1.54, 1.807) is 24.3 Å². The number of carbonyl (C=O) groups is 2. The molecule has 0 aliphatic heterocycles. The van der Waals surface area contributed by atoms with Gasteiger partial charge in [0.25, 0.3) is 5.91 Å². The summed E-state index contributed by atoms with van der Waals surface area (Å²) in [5.74, 6) is -0.692. The van der Waals surface area contributed by atoms with Crippen molar-refractivity contribution in [2.45, 2.75) is 38.6 Å². The number of ether oxygens (including phenoxy) is 1. The van der Waals surface area contributed by atoms with Crippen LogP contribution in [0.4, 0.5) is 0 Å². The predicted octanol–water partition coefficient (Wildman–Crippen LogP) is 3.23. The first kappa shape index (κ1) is 20.8. The lowest BCUT2D eigenvalue weighted by Crippen LogP contribution is -2.36. The van der Waals surface area contributed by atoms with E-state index in [0.29, 0.717) is 22.3 Å². The zero-order chi connectivity index (χ0) is 19.8. The molecule has 2 atom stereocenters. The van der Waals surface area contributed by atoms with E-state index in [2.05, 4.69) is 19.2 Å². The van der Waals surface area contributed by atoms with Crippen molar-refractivity contribution in [3.63, 3.8) is 0 Å². The van der Waals surface area contributed by atoms with Crippen molar-refractivity contribution in [1.82, 2.24) is 5.32 Å². The topological polar surface area (TPSA) is 78.5 Å². The Morgan fingerprint density at radius 1 is 1.15 bits per heavy atom. The molecule has 6 heteroatoms. The fraction of sp³-hybridized carbons (Fsp3) is 0.333. The summed E-state index contributed by atoms with van der Waals surface area (Å²) >= 11 is 5.86. The third-order valence-electron chi connectivity index (χ3n) is 4.40. The number of hydrogen-bond donors (Lipinski definition) is 1. The third-order valence-corrected chi connectivity index (χ3v) is 4.65. The average molecular weight is 389 g/mol. The minimum absolute atomic E-state index is 0.204. The molecule has 0 spiro atoms. The van der Waals surface area contributed by atoms with Crippen LogP contribution in [-0.2, 0) is 9.59 Å². The molecule has 27 heavy (non-hydrogen) atoms. The summed E-state index contributed by atoms with van der Waals surface area (Å²) in [7, 11) is 0. The number of carbonyl (C=O) groups excluding carboxylic acids is 2. The summed E-state index contributed by atoms with van der Waals surface area (Å²) in [6, 6.07) is 13.5. The van der Waals surface area contributed by atoms with Crippen LogP contribution in [0.15, 0.2) is 48.5 Å². The number of hydrogen-bond acceptors (Lipinski definition) is 4. The molecule has 0 saturated heterocycles. The van der Waals surface area contributed by atoms with Crippen molar-refractivity contribution in [3.05, 3.63) is 64.7 Å². The molecule has 2 unspecified atom stereocenters. The van der Waals surface area contributed by atoms with Gasteiger partial charge < -0.3 is 20.0 Å². The zero-order valence-corrected chi connectivity index (χ0v) is 16.2. The number of halogens is 1. The maximum atomic E-state index is 12.3. The van der Waals surface area contributed by atoms with E-state index in [4.69, 9.17) is 16.3 Å². The van der Waals surface area contributed by atoms with Crippen molar-refractivity contribution in [2.75, 3.05) is 6.61 Å². The minimum Gasteiger partial charge on any atom is -0.550 e. The highest BCUT2D eigenvalue weighted by Gasteiger charge is 2.16. The molecular formula is C21H23ClNO4-. The van der Waals surface area contributed by atoms with Crippen LogP contribution < -0.4 is 15.2 Å². The smallest absolute Gasteiger partial charge is 0.258 e. The number of carboxylic acids is 1. The van der Waals surface area contributed by atoms with Crippen LogP contribution >= 0.6 is 11.6 Å². The Labute approximate surface area is 164 Å². The van der Waals surface area contributed by atoms with Gasteiger partial charge in [-0.15, -0.1) is 0 Å². The molecule has 0 aromatic heterocycles. The summed E-state index contributed by atoms with van der Waals surface area (Å²) in [6.45, 7) is 3.98. The van der Waals surface area contributed by atoms with Gasteiger partial charge in [-0.05, 0) is 41.7 Å². The molecule has 2 rings (SSSR count). The molecule has 144 valence electrons. The molecule has 2 aromatic carbocycles. The summed E-state index contributed by atoms with van der Waals surface area (Å²) in [6.07, 6.45) is 0.619. The van der Waals surface area contributed by atoms with Gasteiger partial charge in [0.15, 0.2) is 6.61 Å². The Morgan fingerprint density at radius 3 is 2.44 bits per heavy atom. The second-order valence-corrected chi connectivity index (χ2v) is 6.82. The van der Waals surface area contributed by atoms with E-state index in [1.807, 2.05) is 24.3 Å². The summed E-state index contributed by atoms with van der Waals surface area (Å²) in [4.78, 5) is 23.4. The van der Waals surface area contributed by atoms with Crippen LogP contribution in [0.1, 0.15) is 49.8 Å². The van der Waals surface area contributed by atoms with Gasteiger partial charge >= 0.3 is 0 Å². The fourth-order valence-corrected chi connectivity index (χ4v) is 2.86. The van der Waals surface area contributed by atoms with Gasteiger partial charge in [-0.3, -0.25) is 4.79 Å². The fourth-order valence-electron chi connectivity index (χ4n) is 2.73. The molecule has 0 fully saturated rings. The van der Waals surface area contributed by atoms with E-state index >= 15 is 0 Å². The van der Waals surface area contributed by atoms with Crippen LogP contribution in [0.3, 0.4) is 0 Å². The van der Waals surface area contributed by atoms with Crippen LogP contribution in [0, 0.1) is 0 Å². The van der Waals surface area contributed by atoms with Crippen LogP contribution in [0.2, 0.25) is 5.02 Å². The Bertz CT molecular complexity index is 776. The number of aliphatic carboxylic acids is 1. The van der Waals surface area contributed by atoms with E-state index in [-0.39, 0.29) is 13.0 Å². The Morgan fingerprint density at radius 2 is 1.81 bits per heavy atom. The maximum absolute atomic E-state index is 12.3. The van der Waals surface area contributed by atoms with Gasteiger partial charge in [0.2, 0.25) is 0 Å². The van der Waals surface area contributed by atoms with Crippen molar-refractivity contribution in [2.24, 2.45) is 0 Å². The average Bonchev–Trinajstić information content (AvgIpc) is 2.65. The molecule has 1 N–H and O–H groups in total. The predicted molar refractivity (Wildman–Crippen MR) is 103 cm³/mol. The lowest BCUT2D eigenvalue weighted by molar-refractivity contribution is -0.306. The van der Waals surface area contributed by atoms with E-state index in [1.165, 1.54) is 0 Å². The highest BCUT2D eigenvalue weighted by Crippen LogP contribution is 2.28. The Balaban J connectivity index is 2.04. The molecule has 2 aromatic rings.